The molecule has 4 rings (SSSR count). The van der Waals surface area contributed by atoms with Gasteiger partial charge in [-0.15, -0.1) is 0 Å². The standard InChI is InChI=1S/C37H28F13NO4/c38-25-15-24(16-26(18-25)55-37(49,50)33(41)42)34(23-11-13-30(40)28(17-23)36(46,47)48,51-32(54)22-10-12-29(39)27(14-22)35(43,44)45)19-21-8-6-20(7-9-21)4-2-1-3-5-31(52)53/h6-18,33H,1-5,19H2,(H,51,54)(H,52,53)/t34-/m0/s1. The monoisotopic (exact) mass is 797 g/mol. The second-order valence-electron chi connectivity index (χ2n) is 12.3. The van der Waals surface area contributed by atoms with E-state index in [1.165, 1.54) is 24.3 Å². The Morgan fingerprint density at radius 3 is 1.84 bits per heavy atom. The predicted octanol–water partition coefficient (Wildman–Crippen LogP) is 10.5. The second kappa shape index (κ2) is 16.6. The summed E-state index contributed by atoms with van der Waals surface area (Å²) in [5, 5.41) is 11.0. The summed E-state index contributed by atoms with van der Waals surface area (Å²) in [4.78, 5) is 24.6. The largest absolute Gasteiger partial charge is 0.481 e. The summed E-state index contributed by atoms with van der Waals surface area (Å²) in [6.45, 7) is 0. The van der Waals surface area contributed by atoms with E-state index in [4.69, 9.17) is 5.11 Å². The first-order chi connectivity index (χ1) is 25.5. The van der Waals surface area contributed by atoms with E-state index in [1.807, 2.05) is 0 Å². The minimum atomic E-state index is -5.42. The van der Waals surface area contributed by atoms with Crippen molar-refractivity contribution >= 4 is 11.9 Å². The van der Waals surface area contributed by atoms with Gasteiger partial charge in [0.1, 0.15) is 23.2 Å². The van der Waals surface area contributed by atoms with E-state index in [9.17, 15) is 62.3 Å². The van der Waals surface area contributed by atoms with Crippen LogP contribution in [0.4, 0.5) is 57.1 Å². The number of alkyl halides is 10. The molecule has 0 unspecified atom stereocenters. The smallest absolute Gasteiger partial charge is 0.461 e. The lowest BCUT2D eigenvalue weighted by atomic mass is 9.76. The van der Waals surface area contributed by atoms with Crippen molar-refractivity contribution in [1.82, 2.24) is 5.32 Å². The molecule has 0 saturated carbocycles. The van der Waals surface area contributed by atoms with Crippen molar-refractivity contribution in [1.29, 1.82) is 0 Å². The van der Waals surface area contributed by atoms with Gasteiger partial charge in [-0.25, -0.2) is 13.2 Å². The lowest BCUT2D eigenvalue weighted by Gasteiger charge is -2.37. The maximum absolute atomic E-state index is 15.2. The van der Waals surface area contributed by atoms with Crippen LogP contribution >= 0.6 is 0 Å². The van der Waals surface area contributed by atoms with E-state index in [0.29, 0.717) is 61.6 Å². The third-order valence-electron chi connectivity index (χ3n) is 8.35. The maximum Gasteiger partial charge on any atom is 0.461 e. The van der Waals surface area contributed by atoms with Crippen molar-refractivity contribution in [3.05, 3.63) is 135 Å². The number of hydrogen-bond acceptors (Lipinski definition) is 3. The molecular formula is C37H28F13NO4. The summed E-state index contributed by atoms with van der Waals surface area (Å²) in [5.74, 6) is -9.03. The van der Waals surface area contributed by atoms with Gasteiger partial charge in [0.15, 0.2) is 0 Å². The van der Waals surface area contributed by atoms with Crippen LogP contribution < -0.4 is 10.1 Å². The molecule has 0 saturated heterocycles. The predicted molar refractivity (Wildman–Crippen MR) is 169 cm³/mol. The molecule has 1 atom stereocenters. The molecule has 55 heavy (non-hydrogen) atoms. The van der Waals surface area contributed by atoms with Crippen molar-refractivity contribution in [2.24, 2.45) is 0 Å². The third kappa shape index (κ3) is 10.7. The second-order valence-corrected chi connectivity index (χ2v) is 12.3. The molecule has 0 spiro atoms. The lowest BCUT2D eigenvalue weighted by molar-refractivity contribution is -0.253. The molecule has 0 radical (unpaired) electrons. The number of halogens is 13. The molecule has 0 aliphatic rings. The van der Waals surface area contributed by atoms with E-state index < -0.39 is 99.7 Å². The fourth-order valence-corrected chi connectivity index (χ4v) is 5.70. The van der Waals surface area contributed by atoms with Crippen LogP contribution in [-0.2, 0) is 35.5 Å². The molecule has 0 aliphatic heterocycles. The third-order valence-corrected chi connectivity index (χ3v) is 8.35. The maximum atomic E-state index is 15.2. The van der Waals surface area contributed by atoms with Crippen LogP contribution in [0, 0.1) is 17.5 Å². The number of ether oxygens (including phenoxy) is 1. The first-order valence-corrected chi connectivity index (χ1v) is 16.0. The van der Waals surface area contributed by atoms with Crippen LogP contribution in [0.25, 0.3) is 0 Å². The van der Waals surface area contributed by atoms with Gasteiger partial charge >= 0.3 is 30.9 Å². The normalized spacial score (nSPS) is 13.4. The Morgan fingerprint density at radius 2 is 1.25 bits per heavy atom. The van der Waals surface area contributed by atoms with Gasteiger partial charge in [-0.3, -0.25) is 9.59 Å². The summed E-state index contributed by atoms with van der Waals surface area (Å²) in [6, 6.07) is 9.01. The quantitative estimate of drug-likeness (QED) is 0.0928. The van der Waals surface area contributed by atoms with Crippen LogP contribution in [0.2, 0.25) is 0 Å². The molecule has 296 valence electrons. The van der Waals surface area contributed by atoms with Crippen LogP contribution in [0.15, 0.2) is 78.9 Å². The number of carboxylic acid groups (broad SMARTS) is 1. The topological polar surface area (TPSA) is 75.6 Å². The molecule has 0 bridgehead atoms. The van der Waals surface area contributed by atoms with Gasteiger partial charge in [0.05, 0.1) is 16.7 Å². The summed E-state index contributed by atoms with van der Waals surface area (Å²) < 4.78 is 185. The Bertz CT molecular complexity index is 2000. The van der Waals surface area contributed by atoms with E-state index in [0.717, 1.165) is 0 Å². The van der Waals surface area contributed by atoms with Gasteiger partial charge in [0, 0.05) is 24.5 Å². The molecule has 0 aromatic heterocycles. The number of carboxylic acids is 1. The molecule has 1 amide bonds. The van der Waals surface area contributed by atoms with Gasteiger partial charge in [0.2, 0.25) is 0 Å². The zero-order valence-electron chi connectivity index (χ0n) is 27.9. The molecule has 18 heteroatoms. The Balaban J connectivity index is 1.96. The van der Waals surface area contributed by atoms with Crippen LogP contribution in [0.3, 0.4) is 0 Å². The first-order valence-electron chi connectivity index (χ1n) is 16.0. The fraction of sp³-hybridized carbons (Fsp3) is 0.297. The van der Waals surface area contributed by atoms with Gasteiger partial charge in [-0.05, 0) is 84.0 Å². The number of benzene rings is 4. The van der Waals surface area contributed by atoms with Gasteiger partial charge in [-0.2, -0.15) is 43.9 Å². The minimum absolute atomic E-state index is 0.0613. The summed E-state index contributed by atoms with van der Waals surface area (Å²) in [5.41, 5.74) is -8.26. The Kier molecular flexibility index (Phi) is 12.8. The summed E-state index contributed by atoms with van der Waals surface area (Å²) in [6.07, 6.45) is -19.4. The molecular weight excluding hydrogens is 769 g/mol. The molecule has 5 nitrogen and oxygen atoms in total. The van der Waals surface area contributed by atoms with Crippen LogP contribution in [-0.4, -0.2) is 29.5 Å². The van der Waals surface area contributed by atoms with Crippen LogP contribution in [0.5, 0.6) is 5.75 Å². The number of carbonyl (C=O) groups excluding carboxylic acids is 1. The molecule has 0 aliphatic carbocycles. The molecule has 4 aromatic rings. The Hall–Kier alpha value is -5.29. The van der Waals surface area contributed by atoms with Gasteiger partial charge in [0.25, 0.3) is 5.91 Å². The van der Waals surface area contributed by atoms with E-state index >= 15 is 4.39 Å². The number of aliphatic carboxylic acids is 1. The molecule has 2 N–H and O–H groups in total. The fourth-order valence-electron chi connectivity index (χ4n) is 5.70. The number of rotatable bonds is 15. The zero-order valence-corrected chi connectivity index (χ0v) is 27.9. The highest BCUT2D eigenvalue weighted by atomic mass is 19.4. The number of unbranched alkanes of at least 4 members (excludes halogenated alkanes) is 2. The van der Waals surface area contributed by atoms with E-state index in [2.05, 4.69) is 10.1 Å². The minimum Gasteiger partial charge on any atom is -0.481 e. The Morgan fingerprint density at radius 1 is 0.673 bits per heavy atom. The van der Waals surface area contributed by atoms with E-state index in [1.54, 1.807) is 0 Å². The summed E-state index contributed by atoms with van der Waals surface area (Å²) >= 11 is 0. The Labute approximate surface area is 303 Å². The number of amides is 1. The lowest BCUT2D eigenvalue weighted by Crippen LogP contribution is -2.49. The van der Waals surface area contributed by atoms with Crippen molar-refractivity contribution in [2.75, 3.05) is 0 Å². The molecule has 0 heterocycles. The van der Waals surface area contributed by atoms with Crippen molar-refractivity contribution in [3.63, 3.8) is 0 Å². The molecule has 0 fully saturated rings. The highest BCUT2D eigenvalue weighted by molar-refractivity contribution is 5.95. The van der Waals surface area contributed by atoms with Gasteiger partial charge < -0.3 is 15.2 Å². The number of carbonyl (C=O) groups is 2. The van der Waals surface area contributed by atoms with Crippen LogP contribution in [0.1, 0.15) is 69.4 Å². The van der Waals surface area contributed by atoms with Crippen molar-refractivity contribution < 1.29 is 76.5 Å². The number of hydrogen-bond donors (Lipinski definition) is 2. The highest BCUT2D eigenvalue weighted by Gasteiger charge is 2.46. The van der Waals surface area contributed by atoms with Crippen molar-refractivity contribution in [3.8, 4) is 5.75 Å². The number of nitrogens with one attached hydrogen (secondary N) is 1. The van der Waals surface area contributed by atoms with Crippen molar-refractivity contribution in [2.45, 2.75) is 69.0 Å². The average Bonchev–Trinajstić information content (AvgIpc) is 3.07. The summed E-state index contributed by atoms with van der Waals surface area (Å²) in [7, 11) is 0. The van der Waals surface area contributed by atoms with E-state index in [-0.39, 0.29) is 36.2 Å². The highest BCUT2D eigenvalue weighted by Crippen LogP contribution is 2.41. The van der Waals surface area contributed by atoms with Gasteiger partial charge in [-0.1, -0.05) is 36.8 Å². The average molecular weight is 798 g/mol. The zero-order chi connectivity index (χ0) is 40.9. The first kappa shape index (κ1) is 42.5. The molecule has 4 aromatic carbocycles. The number of aryl methyl sites for hydroxylation is 1. The SMILES string of the molecule is O=C(O)CCCCCc1ccc(C[C@@](NC(=O)c2ccc(F)c(C(F)(F)F)c2)(c2cc(F)cc(OC(F)(F)C(F)F)c2)c2ccc(F)c(C(F)(F)F)c2)cc1.